The fraction of sp³-hybridized carbons (Fsp3) is 0.412. The van der Waals surface area contributed by atoms with Gasteiger partial charge in [-0.3, -0.25) is 19.7 Å². The van der Waals surface area contributed by atoms with Crippen molar-refractivity contribution in [3.8, 4) is 11.1 Å². The van der Waals surface area contributed by atoms with Crippen molar-refractivity contribution in [3.63, 3.8) is 0 Å². The molecule has 0 bridgehead atoms. The quantitative estimate of drug-likeness (QED) is 0.276. The number of halogens is 1. The Kier molecular flexibility index (Phi) is 7.00. The molecule has 0 radical (unpaired) electrons. The summed E-state index contributed by atoms with van der Waals surface area (Å²) in [7, 11) is 0. The maximum atomic E-state index is 13.9. The Morgan fingerprint density at radius 1 is 1.09 bits per heavy atom. The molecule has 1 spiro atoms. The van der Waals surface area contributed by atoms with Crippen LogP contribution in [0.3, 0.4) is 0 Å². The Hall–Kier alpha value is -4.11. The van der Waals surface area contributed by atoms with Crippen molar-refractivity contribution < 1.29 is 19.1 Å². The minimum atomic E-state index is -0.475. The summed E-state index contributed by atoms with van der Waals surface area (Å²) in [5, 5.41) is 23.8. The van der Waals surface area contributed by atoms with E-state index < -0.39 is 5.92 Å². The zero-order valence-corrected chi connectivity index (χ0v) is 24.1. The van der Waals surface area contributed by atoms with E-state index in [0.29, 0.717) is 41.3 Å². The topological polar surface area (TPSA) is 120 Å². The van der Waals surface area contributed by atoms with Crippen molar-refractivity contribution in [2.75, 3.05) is 18.5 Å². The molecule has 222 valence electrons. The number of carbonyl (C=O) groups is 2. The number of hydrogen-bond donors (Lipinski definition) is 4. The van der Waals surface area contributed by atoms with Gasteiger partial charge in [0.2, 0.25) is 0 Å². The maximum Gasteiger partial charge on any atom is 0.269 e. The molecular weight excluding hydrogens is 545 g/mol. The van der Waals surface area contributed by atoms with E-state index in [0.717, 1.165) is 68.2 Å². The first kappa shape index (κ1) is 27.7. The SMILES string of the molecule is O=C1CC2(CCCC2)CC2=C1C(/C=C/c1ccc(-c3cccc(F)c3)cn1)c1c(n[nH]c1C(=O)NCC1(CO)CCC1)N2. The van der Waals surface area contributed by atoms with Gasteiger partial charge in [-0.2, -0.15) is 5.10 Å². The summed E-state index contributed by atoms with van der Waals surface area (Å²) in [5.74, 6) is -0.395. The number of H-pyrrole nitrogens is 1. The summed E-state index contributed by atoms with van der Waals surface area (Å²) in [6.07, 6.45) is 14.0. The molecule has 3 aromatic rings. The second-order valence-electron chi connectivity index (χ2n) is 12.9. The first-order valence-corrected chi connectivity index (χ1v) is 15.3. The van der Waals surface area contributed by atoms with Crippen LogP contribution >= 0.6 is 0 Å². The molecular formula is C34H36FN5O3. The highest BCUT2D eigenvalue weighted by Gasteiger charge is 2.46. The Balaban J connectivity index is 1.21. The number of aromatic nitrogens is 3. The molecule has 1 amide bonds. The van der Waals surface area contributed by atoms with Gasteiger partial charge in [-0.1, -0.05) is 43.5 Å². The summed E-state index contributed by atoms with van der Waals surface area (Å²) in [6.45, 7) is 0.430. The summed E-state index contributed by atoms with van der Waals surface area (Å²) >= 11 is 0. The van der Waals surface area contributed by atoms with Crippen LogP contribution in [0.15, 0.2) is 59.9 Å². The third kappa shape index (κ3) is 5.09. The number of anilines is 1. The number of aromatic amines is 1. The standard InChI is InChI=1S/C34H36FN5O3/c35-23-6-3-5-21(15-23)22-7-8-24(36-18-22)9-10-25-28-26(16-33(17-27(28)42)11-1-2-12-33)38-31-29(25)30(39-40-31)32(43)37-19-34(20-41)13-4-14-34/h3,5-10,15,18,25,41H,1-2,4,11-14,16-17,19-20H2,(H,37,43)(H2,38,39,40)/b10-9+. The van der Waals surface area contributed by atoms with Crippen LogP contribution in [-0.2, 0) is 4.79 Å². The van der Waals surface area contributed by atoms with Crippen molar-refractivity contribution in [2.24, 2.45) is 10.8 Å². The highest BCUT2D eigenvalue weighted by atomic mass is 19.1. The number of aliphatic hydroxyl groups excluding tert-OH is 1. The number of pyridine rings is 1. The van der Waals surface area contributed by atoms with Gasteiger partial charge in [0.05, 0.1) is 12.3 Å². The number of aliphatic hydroxyl groups is 1. The minimum absolute atomic E-state index is 0.000875. The number of carbonyl (C=O) groups excluding carboxylic acids is 2. The van der Waals surface area contributed by atoms with Crippen LogP contribution in [0, 0.1) is 16.6 Å². The molecule has 9 heteroatoms. The lowest BCUT2D eigenvalue weighted by Gasteiger charge is -2.40. The Labute approximate surface area is 249 Å². The number of hydrogen-bond acceptors (Lipinski definition) is 6. The average molecular weight is 582 g/mol. The fourth-order valence-electron chi connectivity index (χ4n) is 7.45. The predicted molar refractivity (Wildman–Crippen MR) is 161 cm³/mol. The molecule has 4 aliphatic rings. The van der Waals surface area contributed by atoms with Crippen molar-refractivity contribution in [2.45, 2.75) is 63.7 Å². The minimum Gasteiger partial charge on any atom is -0.396 e. The lowest BCUT2D eigenvalue weighted by Crippen LogP contribution is -2.45. The van der Waals surface area contributed by atoms with E-state index in [1.807, 2.05) is 30.4 Å². The molecule has 4 N–H and O–H groups in total. The first-order chi connectivity index (χ1) is 20.9. The van der Waals surface area contributed by atoms with Gasteiger partial charge in [0, 0.05) is 52.9 Å². The highest BCUT2D eigenvalue weighted by molar-refractivity contribution is 6.03. The number of amides is 1. The summed E-state index contributed by atoms with van der Waals surface area (Å²) in [6, 6.07) is 10.1. The highest BCUT2D eigenvalue weighted by Crippen LogP contribution is 2.53. The van der Waals surface area contributed by atoms with Crippen LogP contribution in [0.5, 0.6) is 0 Å². The lowest BCUT2D eigenvalue weighted by molar-refractivity contribution is -0.118. The number of nitrogens with one attached hydrogen (secondary N) is 3. The van der Waals surface area contributed by atoms with Gasteiger partial charge in [-0.25, -0.2) is 4.39 Å². The van der Waals surface area contributed by atoms with E-state index in [1.54, 1.807) is 12.3 Å². The smallest absolute Gasteiger partial charge is 0.269 e. The molecule has 3 heterocycles. The molecule has 0 saturated heterocycles. The predicted octanol–water partition coefficient (Wildman–Crippen LogP) is 5.90. The van der Waals surface area contributed by atoms with Crippen molar-refractivity contribution in [1.29, 1.82) is 0 Å². The maximum absolute atomic E-state index is 13.9. The van der Waals surface area contributed by atoms with E-state index >= 15 is 0 Å². The summed E-state index contributed by atoms with van der Waals surface area (Å²) in [4.78, 5) is 31.9. The van der Waals surface area contributed by atoms with E-state index in [4.69, 9.17) is 0 Å². The number of rotatable bonds is 7. The molecule has 3 aliphatic carbocycles. The molecule has 2 saturated carbocycles. The molecule has 43 heavy (non-hydrogen) atoms. The average Bonchev–Trinajstić information content (AvgIpc) is 3.62. The van der Waals surface area contributed by atoms with Gasteiger partial charge in [0.1, 0.15) is 11.5 Å². The van der Waals surface area contributed by atoms with Gasteiger partial charge < -0.3 is 15.7 Å². The second-order valence-corrected chi connectivity index (χ2v) is 12.9. The first-order valence-electron chi connectivity index (χ1n) is 15.3. The van der Waals surface area contributed by atoms with Gasteiger partial charge in [-0.05, 0) is 67.4 Å². The molecule has 1 aliphatic heterocycles. The summed E-state index contributed by atoms with van der Waals surface area (Å²) < 4.78 is 13.7. The second kappa shape index (κ2) is 10.9. The van der Waals surface area contributed by atoms with E-state index in [2.05, 4.69) is 25.8 Å². The number of Topliss-reactive ketones (excluding diaryl/α,β-unsaturated/α-hetero) is 1. The largest absolute Gasteiger partial charge is 0.396 e. The number of benzene rings is 1. The van der Waals surface area contributed by atoms with Crippen LogP contribution in [0.25, 0.3) is 17.2 Å². The molecule has 7 rings (SSSR count). The number of allylic oxidation sites excluding steroid dienone is 3. The molecule has 1 atom stereocenters. The zero-order valence-electron chi connectivity index (χ0n) is 24.1. The van der Waals surface area contributed by atoms with Crippen LogP contribution in [0.1, 0.15) is 85.5 Å². The molecule has 2 aromatic heterocycles. The number of ketones is 1. The van der Waals surface area contributed by atoms with Crippen molar-refractivity contribution in [3.05, 3.63) is 82.7 Å². The fourth-order valence-corrected chi connectivity index (χ4v) is 7.45. The molecule has 2 fully saturated rings. The van der Waals surface area contributed by atoms with Crippen LogP contribution in [0.2, 0.25) is 0 Å². The van der Waals surface area contributed by atoms with Crippen LogP contribution < -0.4 is 10.6 Å². The third-order valence-electron chi connectivity index (χ3n) is 10.1. The normalized spacial score (nSPS) is 21.8. The van der Waals surface area contributed by atoms with E-state index in [9.17, 15) is 19.1 Å². The number of fused-ring (bicyclic) bond motifs is 1. The zero-order chi connectivity index (χ0) is 29.6. The Morgan fingerprint density at radius 2 is 1.93 bits per heavy atom. The van der Waals surface area contributed by atoms with E-state index in [-0.39, 0.29) is 34.9 Å². The van der Waals surface area contributed by atoms with Gasteiger partial charge in [0.15, 0.2) is 11.6 Å². The summed E-state index contributed by atoms with van der Waals surface area (Å²) in [5.41, 5.74) is 4.53. The number of nitrogens with zero attached hydrogens (tertiary/aromatic N) is 2. The molecule has 1 aromatic carbocycles. The molecule has 8 nitrogen and oxygen atoms in total. The van der Waals surface area contributed by atoms with Crippen LogP contribution in [-0.4, -0.2) is 45.1 Å². The van der Waals surface area contributed by atoms with Crippen molar-refractivity contribution >= 4 is 23.6 Å². The van der Waals surface area contributed by atoms with Gasteiger partial charge in [0.25, 0.3) is 5.91 Å². The van der Waals surface area contributed by atoms with Crippen molar-refractivity contribution in [1.82, 2.24) is 20.5 Å². The third-order valence-corrected chi connectivity index (χ3v) is 10.1. The van der Waals surface area contributed by atoms with Gasteiger partial charge in [-0.15, -0.1) is 0 Å². The monoisotopic (exact) mass is 581 g/mol. The Morgan fingerprint density at radius 3 is 2.63 bits per heavy atom. The van der Waals surface area contributed by atoms with E-state index in [1.165, 1.54) is 12.1 Å². The van der Waals surface area contributed by atoms with Crippen LogP contribution in [0.4, 0.5) is 10.2 Å². The Bertz CT molecular complexity index is 1620. The van der Waals surface area contributed by atoms with Gasteiger partial charge >= 0.3 is 0 Å². The lowest BCUT2D eigenvalue weighted by atomic mass is 9.67. The molecule has 1 unspecified atom stereocenters.